The summed E-state index contributed by atoms with van der Waals surface area (Å²) < 4.78 is 1.70. The van der Waals surface area contributed by atoms with Crippen molar-refractivity contribution in [1.82, 2.24) is 9.47 Å². The number of carbonyl (C=O) groups is 2. The van der Waals surface area contributed by atoms with E-state index in [2.05, 4.69) is 4.99 Å². The van der Waals surface area contributed by atoms with Gasteiger partial charge in [0.1, 0.15) is 6.54 Å². The predicted molar refractivity (Wildman–Crippen MR) is 94.5 cm³/mol. The molecule has 1 aromatic heterocycles. The summed E-state index contributed by atoms with van der Waals surface area (Å²) in [7, 11) is 0. The quantitative estimate of drug-likeness (QED) is 0.816. The molecule has 5 nitrogen and oxygen atoms in total. The van der Waals surface area contributed by atoms with Crippen molar-refractivity contribution in [2.75, 3.05) is 13.1 Å². The third-order valence-corrected chi connectivity index (χ3v) is 5.32. The van der Waals surface area contributed by atoms with Gasteiger partial charge >= 0.3 is 0 Å². The van der Waals surface area contributed by atoms with E-state index in [-0.39, 0.29) is 12.5 Å². The fraction of sp³-hybridized carbons (Fsp3) is 0.312. The van der Waals surface area contributed by atoms with Crippen LogP contribution in [-0.2, 0) is 11.3 Å². The number of halogens is 2. The van der Waals surface area contributed by atoms with Gasteiger partial charge in [0.25, 0.3) is 5.91 Å². The molecule has 0 N–H and O–H groups in total. The Kier molecular flexibility index (Phi) is 5.38. The summed E-state index contributed by atoms with van der Waals surface area (Å²) in [5.41, 5.74) is 0.357. The maximum atomic E-state index is 12.3. The minimum atomic E-state index is -0.418. The minimum absolute atomic E-state index is 0.0503. The molecular weight excluding hydrogens is 369 g/mol. The molecule has 3 rings (SSSR count). The Morgan fingerprint density at radius 2 is 1.92 bits per heavy atom. The molecule has 1 aliphatic heterocycles. The molecule has 0 radical (unpaired) electrons. The number of benzene rings is 1. The molecule has 0 saturated carbocycles. The van der Waals surface area contributed by atoms with Crippen LogP contribution in [0.25, 0.3) is 0 Å². The Hall–Kier alpha value is -1.63. The van der Waals surface area contributed by atoms with E-state index < -0.39 is 5.91 Å². The van der Waals surface area contributed by atoms with Crippen LogP contribution in [0.1, 0.15) is 23.2 Å². The van der Waals surface area contributed by atoms with Crippen molar-refractivity contribution in [2.24, 2.45) is 4.99 Å². The van der Waals surface area contributed by atoms with Crippen molar-refractivity contribution in [3.8, 4) is 0 Å². The summed E-state index contributed by atoms with van der Waals surface area (Å²) in [4.78, 5) is 31.0. The van der Waals surface area contributed by atoms with Crippen molar-refractivity contribution in [2.45, 2.75) is 19.4 Å². The predicted octanol–water partition coefficient (Wildman–Crippen LogP) is 3.22. The molecule has 1 aromatic carbocycles. The van der Waals surface area contributed by atoms with Crippen LogP contribution in [0.3, 0.4) is 0 Å². The SMILES string of the molecule is O=C(N=c1sccn1CC(=O)N1CCCC1)c1ccc(Cl)c(Cl)c1. The summed E-state index contributed by atoms with van der Waals surface area (Å²) in [6, 6.07) is 4.63. The smallest absolute Gasteiger partial charge is 0.279 e. The normalized spacial score (nSPS) is 15.1. The van der Waals surface area contributed by atoms with Gasteiger partial charge in [-0.15, -0.1) is 11.3 Å². The van der Waals surface area contributed by atoms with Gasteiger partial charge in [-0.25, -0.2) is 0 Å². The zero-order valence-corrected chi connectivity index (χ0v) is 15.1. The highest BCUT2D eigenvalue weighted by molar-refractivity contribution is 7.07. The van der Waals surface area contributed by atoms with E-state index in [1.165, 1.54) is 17.4 Å². The molecule has 0 aliphatic carbocycles. The third kappa shape index (κ3) is 3.88. The van der Waals surface area contributed by atoms with Gasteiger partial charge in [0.15, 0.2) is 4.80 Å². The van der Waals surface area contributed by atoms with Crippen LogP contribution >= 0.6 is 34.5 Å². The topological polar surface area (TPSA) is 54.7 Å². The van der Waals surface area contributed by atoms with Crippen molar-refractivity contribution < 1.29 is 9.59 Å². The van der Waals surface area contributed by atoms with E-state index in [4.69, 9.17) is 23.2 Å². The number of likely N-dealkylation sites (tertiary alicyclic amines) is 1. The number of thiazole rings is 1. The van der Waals surface area contributed by atoms with Gasteiger partial charge in [-0.05, 0) is 31.0 Å². The number of aromatic nitrogens is 1. The van der Waals surface area contributed by atoms with Gasteiger partial charge in [-0.3, -0.25) is 9.59 Å². The molecule has 24 heavy (non-hydrogen) atoms. The highest BCUT2D eigenvalue weighted by Gasteiger charge is 2.18. The highest BCUT2D eigenvalue weighted by Crippen LogP contribution is 2.22. The molecule has 0 spiro atoms. The van der Waals surface area contributed by atoms with Gasteiger partial charge in [0, 0.05) is 30.2 Å². The van der Waals surface area contributed by atoms with Crippen LogP contribution in [0.4, 0.5) is 0 Å². The summed E-state index contributed by atoms with van der Waals surface area (Å²) >= 11 is 13.1. The van der Waals surface area contributed by atoms with E-state index in [0.29, 0.717) is 20.4 Å². The third-order valence-electron chi connectivity index (χ3n) is 3.79. The first kappa shape index (κ1) is 17.2. The zero-order chi connectivity index (χ0) is 17.1. The van der Waals surface area contributed by atoms with Gasteiger partial charge in [0.2, 0.25) is 5.91 Å². The van der Waals surface area contributed by atoms with Crippen LogP contribution in [0.15, 0.2) is 34.8 Å². The molecule has 0 atom stereocenters. The number of rotatable bonds is 3. The second-order valence-corrected chi connectivity index (χ2v) is 7.13. The Morgan fingerprint density at radius 1 is 1.17 bits per heavy atom. The molecule has 126 valence electrons. The van der Waals surface area contributed by atoms with Crippen molar-refractivity contribution in [3.05, 3.63) is 50.2 Å². The van der Waals surface area contributed by atoms with E-state index in [9.17, 15) is 9.59 Å². The Bertz CT molecular complexity index is 838. The molecule has 0 unspecified atom stereocenters. The fourth-order valence-electron chi connectivity index (χ4n) is 2.50. The maximum Gasteiger partial charge on any atom is 0.279 e. The van der Waals surface area contributed by atoms with Gasteiger partial charge < -0.3 is 9.47 Å². The Balaban J connectivity index is 1.80. The largest absolute Gasteiger partial charge is 0.341 e. The number of hydrogen-bond donors (Lipinski definition) is 0. The molecule has 2 heterocycles. The van der Waals surface area contributed by atoms with Gasteiger partial charge in [-0.2, -0.15) is 4.99 Å². The minimum Gasteiger partial charge on any atom is -0.341 e. The lowest BCUT2D eigenvalue weighted by Gasteiger charge is -2.15. The number of amides is 2. The first-order valence-corrected chi connectivity index (χ1v) is 9.14. The first-order valence-electron chi connectivity index (χ1n) is 7.50. The summed E-state index contributed by atoms with van der Waals surface area (Å²) in [5.74, 6) is -0.368. The highest BCUT2D eigenvalue weighted by atomic mass is 35.5. The molecule has 2 aromatic rings. The Labute approximate surface area is 153 Å². The van der Waals surface area contributed by atoms with Gasteiger partial charge in [0.05, 0.1) is 10.0 Å². The molecule has 0 bridgehead atoms. The Morgan fingerprint density at radius 3 is 2.62 bits per heavy atom. The standard InChI is InChI=1S/C16H15Cl2N3O2S/c17-12-4-3-11(9-13(12)18)15(23)19-16-21(7-8-24-16)10-14(22)20-5-1-2-6-20/h3-4,7-9H,1-2,5-6,10H2. The molecule has 1 saturated heterocycles. The summed E-state index contributed by atoms with van der Waals surface area (Å²) in [6.45, 7) is 1.80. The molecule has 8 heteroatoms. The fourth-order valence-corrected chi connectivity index (χ4v) is 3.52. The number of hydrogen-bond acceptors (Lipinski definition) is 3. The zero-order valence-electron chi connectivity index (χ0n) is 12.7. The molecule has 1 fully saturated rings. The molecular formula is C16H15Cl2N3O2S. The van der Waals surface area contributed by atoms with Gasteiger partial charge in [-0.1, -0.05) is 23.2 Å². The van der Waals surface area contributed by atoms with E-state index in [0.717, 1.165) is 25.9 Å². The van der Waals surface area contributed by atoms with Crippen LogP contribution in [0, 0.1) is 0 Å². The van der Waals surface area contributed by atoms with E-state index >= 15 is 0 Å². The molecule has 2 amide bonds. The molecule has 1 aliphatic rings. The van der Waals surface area contributed by atoms with Crippen LogP contribution in [-0.4, -0.2) is 34.4 Å². The second kappa shape index (κ2) is 7.51. The average molecular weight is 384 g/mol. The van der Waals surface area contributed by atoms with Crippen LogP contribution in [0.2, 0.25) is 10.0 Å². The van der Waals surface area contributed by atoms with E-state index in [1.54, 1.807) is 28.3 Å². The monoisotopic (exact) mass is 383 g/mol. The van der Waals surface area contributed by atoms with E-state index in [1.807, 2.05) is 4.90 Å². The van der Waals surface area contributed by atoms with Crippen molar-refractivity contribution in [3.63, 3.8) is 0 Å². The maximum absolute atomic E-state index is 12.3. The van der Waals surface area contributed by atoms with Crippen LogP contribution in [0.5, 0.6) is 0 Å². The van der Waals surface area contributed by atoms with Crippen LogP contribution < -0.4 is 4.80 Å². The van der Waals surface area contributed by atoms with Crippen molar-refractivity contribution >= 4 is 46.4 Å². The summed E-state index contributed by atoms with van der Waals surface area (Å²) in [5, 5.41) is 2.50. The lowest BCUT2D eigenvalue weighted by Crippen LogP contribution is -2.33. The average Bonchev–Trinajstić information content (AvgIpc) is 3.22. The summed E-state index contributed by atoms with van der Waals surface area (Å²) in [6.07, 6.45) is 3.86. The number of carbonyl (C=O) groups excluding carboxylic acids is 2. The second-order valence-electron chi connectivity index (χ2n) is 5.45. The lowest BCUT2D eigenvalue weighted by molar-refractivity contribution is -0.130. The first-order chi connectivity index (χ1) is 11.5. The lowest BCUT2D eigenvalue weighted by atomic mass is 10.2. The number of nitrogens with zero attached hydrogens (tertiary/aromatic N) is 3. The van der Waals surface area contributed by atoms with Crippen molar-refractivity contribution in [1.29, 1.82) is 0 Å².